The van der Waals surface area contributed by atoms with Gasteiger partial charge < -0.3 is 4.90 Å². The minimum Gasteiger partial charge on any atom is -0.339 e. The Morgan fingerprint density at radius 1 is 1.32 bits per heavy atom. The van der Waals surface area contributed by atoms with Gasteiger partial charge in [0.25, 0.3) is 5.56 Å². The summed E-state index contributed by atoms with van der Waals surface area (Å²) in [5.41, 5.74) is 0.646. The van der Waals surface area contributed by atoms with Crippen LogP contribution in [-0.4, -0.2) is 38.7 Å². The zero-order valence-electron chi connectivity index (χ0n) is 15.1. The van der Waals surface area contributed by atoms with Crippen LogP contribution in [0.3, 0.4) is 0 Å². The van der Waals surface area contributed by atoms with Crippen LogP contribution in [0.5, 0.6) is 0 Å². The first-order valence-corrected chi connectivity index (χ1v) is 9.91. The second-order valence-electron chi connectivity index (χ2n) is 6.90. The van der Waals surface area contributed by atoms with E-state index in [0.29, 0.717) is 27.9 Å². The van der Waals surface area contributed by atoms with Crippen molar-refractivity contribution in [3.05, 3.63) is 34.6 Å². The van der Waals surface area contributed by atoms with Crippen molar-refractivity contribution in [2.45, 2.75) is 57.3 Å². The highest BCUT2D eigenvalue weighted by Gasteiger charge is 2.24. The summed E-state index contributed by atoms with van der Waals surface area (Å²) in [5, 5.41) is 1.24. The van der Waals surface area contributed by atoms with Crippen LogP contribution in [0.15, 0.2) is 34.2 Å². The summed E-state index contributed by atoms with van der Waals surface area (Å²) in [6.07, 6.45) is 3.34. The first-order chi connectivity index (χ1) is 12.0. The van der Waals surface area contributed by atoms with E-state index in [2.05, 4.69) is 11.9 Å². The molecule has 0 saturated carbocycles. The van der Waals surface area contributed by atoms with Gasteiger partial charge in [0.15, 0.2) is 5.16 Å². The average Bonchev–Trinajstić information content (AvgIpc) is 2.60. The van der Waals surface area contributed by atoms with Crippen LogP contribution in [0, 0.1) is 0 Å². The number of carbonyl (C=O) groups excluding carboxylic acids is 1. The maximum Gasteiger partial charge on any atom is 0.262 e. The molecule has 1 amide bonds. The van der Waals surface area contributed by atoms with Crippen LogP contribution in [0.2, 0.25) is 0 Å². The first-order valence-electron chi connectivity index (χ1n) is 8.92. The fraction of sp³-hybridized carbons (Fsp3) is 0.526. The van der Waals surface area contributed by atoms with E-state index in [1.54, 1.807) is 10.6 Å². The molecule has 1 saturated heterocycles. The number of carbonyl (C=O) groups is 1. The zero-order chi connectivity index (χ0) is 18.0. The standard InChI is InChI=1S/C19H25N3O2S/c1-13(2)22-18(24)15-9-4-5-10-16(15)20-19(22)25-12-17(23)21-11-7-6-8-14(21)3/h4-5,9-10,13-14H,6-8,11-12H2,1-3H3/t14-/m0/s1. The normalized spacial score (nSPS) is 18.1. The lowest BCUT2D eigenvalue weighted by Crippen LogP contribution is -2.43. The van der Waals surface area contributed by atoms with E-state index in [1.165, 1.54) is 18.2 Å². The van der Waals surface area contributed by atoms with Gasteiger partial charge in [-0.15, -0.1) is 0 Å². The molecule has 0 aliphatic carbocycles. The van der Waals surface area contributed by atoms with E-state index in [-0.39, 0.29) is 17.5 Å². The Balaban J connectivity index is 1.86. The van der Waals surface area contributed by atoms with Crippen molar-refractivity contribution in [1.82, 2.24) is 14.5 Å². The molecule has 3 rings (SSSR count). The van der Waals surface area contributed by atoms with Crippen LogP contribution < -0.4 is 5.56 Å². The molecule has 0 bridgehead atoms. The highest BCUT2D eigenvalue weighted by atomic mass is 32.2. The Labute approximate surface area is 152 Å². The predicted octanol–water partition coefficient (Wildman–Crippen LogP) is 3.47. The predicted molar refractivity (Wildman–Crippen MR) is 102 cm³/mol. The molecule has 134 valence electrons. The van der Waals surface area contributed by atoms with Gasteiger partial charge in [0.05, 0.1) is 16.7 Å². The van der Waals surface area contributed by atoms with Crippen LogP contribution in [0.4, 0.5) is 0 Å². The fourth-order valence-electron chi connectivity index (χ4n) is 3.36. The summed E-state index contributed by atoms with van der Waals surface area (Å²) < 4.78 is 1.69. The number of benzene rings is 1. The third kappa shape index (κ3) is 3.73. The highest BCUT2D eigenvalue weighted by molar-refractivity contribution is 7.99. The molecule has 25 heavy (non-hydrogen) atoms. The Hall–Kier alpha value is -1.82. The Bertz CT molecular complexity index is 831. The van der Waals surface area contributed by atoms with Gasteiger partial charge in [-0.05, 0) is 52.2 Å². The lowest BCUT2D eigenvalue weighted by Gasteiger charge is -2.33. The van der Waals surface area contributed by atoms with Crippen molar-refractivity contribution in [2.75, 3.05) is 12.3 Å². The largest absolute Gasteiger partial charge is 0.339 e. The molecule has 1 aromatic heterocycles. The van der Waals surface area contributed by atoms with Crippen LogP contribution in [-0.2, 0) is 4.79 Å². The molecule has 0 N–H and O–H groups in total. The molecule has 1 atom stereocenters. The number of hydrogen-bond donors (Lipinski definition) is 0. The monoisotopic (exact) mass is 359 g/mol. The van der Waals surface area contributed by atoms with Crippen LogP contribution in [0.25, 0.3) is 10.9 Å². The molecule has 0 spiro atoms. The van der Waals surface area contributed by atoms with Crippen molar-refractivity contribution in [2.24, 2.45) is 0 Å². The van der Waals surface area contributed by atoms with Crippen LogP contribution in [0.1, 0.15) is 46.1 Å². The van der Waals surface area contributed by atoms with Gasteiger partial charge in [-0.3, -0.25) is 14.2 Å². The van der Waals surface area contributed by atoms with E-state index < -0.39 is 0 Å². The molecule has 0 radical (unpaired) electrons. The minimum atomic E-state index is -0.0399. The van der Waals surface area contributed by atoms with Gasteiger partial charge in [-0.2, -0.15) is 0 Å². The lowest BCUT2D eigenvalue weighted by atomic mass is 10.0. The molecule has 6 heteroatoms. The van der Waals surface area contributed by atoms with Crippen molar-refractivity contribution < 1.29 is 4.79 Å². The van der Waals surface area contributed by atoms with Crippen LogP contribution >= 0.6 is 11.8 Å². The van der Waals surface area contributed by atoms with E-state index in [4.69, 9.17) is 0 Å². The zero-order valence-corrected chi connectivity index (χ0v) is 15.9. The van der Waals surface area contributed by atoms with Crippen molar-refractivity contribution in [1.29, 1.82) is 0 Å². The molecule has 1 aliphatic rings. The molecule has 2 heterocycles. The molecule has 1 fully saturated rings. The second-order valence-corrected chi connectivity index (χ2v) is 7.84. The van der Waals surface area contributed by atoms with Crippen molar-refractivity contribution in [3.63, 3.8) is 0 Å². The Morgan fingerprint density at radius 3 is 2.80 bits per heavy atom. The third-order valence-electron chi connectivity index (χ3n) is 4.74. The fourth-order valence-corrected chi connectivity index (χ4v) is 4.37. The summed E-state index contributed by atoms with van der Waals surface area (Å²) in [5.74, 6) is 0.455. The molecule has 1 aromatic carbocycles. The van der Waals surface area contributed by atoms with Gasteiger partial charge in [0, 0.05) is 18.6 Å². The molecular formula is C19H25N3O2S. The van der Waals surface area contributed by atoms with Crippen molar-refractivity contribution >= 4 is 28.6 Å². The van der Waals surface area contributed by atoms with Gasteiger partial charge in [0.2, 0.25) is 5.91 Å². The maximum atomic E-state index is 12.8. The molecule has 1 aliphatic heterocycles. The SMILES string of the molecule is CC(C)n1c(SCC(=O)N2CCCC[C@@H]2C)nc2ccccc2c1=O. The smallest absolute Gasteiger partial charge is 0.262 e. The number of para-hydroxylation sites is 1. The van der Waals surface area contributed by atoms with E-state index >= 15 is 0 Å². The number of hydrogen-bond acceptors (Lipinski definition) is 4. The third-order valence-corrected chi connectivity index (χ3v) is 5.68. The number of amides is 1. The number of likely N-dealkylation sites (tertiary alicyclic amines) is 1. The van der Waals surface area contributed by atoms with Gasteiger partial charge in [-0.25, -0.2) is 4.98 Å². The second kappa shape index (κ2) is 7.60. The maximum absolute atomic E-state index is 12.8. The number of fused-ring (bicyclic) bond motifs is 1. The average molecular weight is 359 g/mol. The summed E-state index contributed by atoms with van der Waals surface area (Å²) in [7, 11) is 0. The van der Waals surface area contributed by atoms with E-state index in [1.807, 2.05) is 36.9 Å². The molecular weight excluding hydrogens is 334 g/mol. The van der Waals surface area contributed by atoms with Gasteiger partial charge in [0.1, 0.15) is 0 Å². The summed E-state index contributed by atoms with van der Waals surface area (Å²) in [6.45, 7) is 6.88. The highest BCUT2D eigenvalue weighted by Crippen LogP contribution is 2.23. The molecule has 0 unspecified atom stereocenters. The quantitative estimate of drug-likeness (QED) is 0.620. The number of aromatic nitrogens is 2. The molecule has 5 nitrogen and oxygen atoms in total. The number of nitrogens with zero attached hydrogens (tertiary/aromatic N) is 3. The van der Waals surface area contributed by atoms with Gasteiger partial charge in [-0.1, -0.05) is 23.9 Å². The summed E-state index contributed by atoms with van der Waals surface area (Å²) in [6, 6.07) is 7.68. The van der Waals surface area contributed by atoms with E-state index in [0.717, 1.165) is 19.4 Å². The summed E-state index contributed by atoms with van der Waals surface area (Å²) >= 11 is 1.37. The minimum absolute atomic E-state index is 0.00359. The summed E-state index contributed by atoms with van der Waals surface area (Å²) in [4.78, 5) is 32.0. The molecule has 2 aromatic rings. The first kappa shape index (κ1) is 18.0. The van der Waals surface area contributed by atoms with Crippen molar-refractivity contribution in [3.8, 4) is 0 Å². The topological polar surface area (TPSA) is 55.2 Å². The van der Waals surface area contributed by atoms with E-state index in [9.17, 15) is 9.59 Å². The Morgan fingerprint density at radius 2 is 2.08 bits per heavy atom. The number of rotatable bonds is 4. The number of thioether (sulfide) groups is 1. The number of piperidine rings is 1. The lowest BCUT2D eigenvalue weighted by molar-refractivity contribution is -0.131. The van der Waals surface area contributed by atoms with Gasteiger partial charge >= 0.3 is 0 Å². The Kier molecular flexibility index (Phi) is 5.47.